The van der Waals surface area contributed by atoms with E-state index >= 15 is 0 Å². The molecule has 0 spiro atoms. The van der Waals surface area contributed by atoms with E-state index in [1.807, 2.05) is 12.1 Å². The number of nitrogens with zero attached hydrogens (tertiary/aromatic N) is 4. The van der Waals surface area contributed by atoms with E-state index in [1.165, 1.54) is 4.68 Å². The van der Waals surface area contributed by atoms with Crippen molar-refractivity contribution in [1.82, 2.24) is 20.2 Å². The van der Waals surface area contributed by atoms with Gasteiger partial charge >= 0.3 is 5.97 Å². The Morgan fingerprint density at radius 1 is 1.32 bits per heavy atom. The second-order valence-electron chi connectivity index (χ2n) is 5.32. The topological polar surface area (TPSA) is 100 Å². The number of benzene rings is 1. The quantitative estimate of drug-likeness (QED) is 0.815. The third-order valence-corrected chi connectivity index (χ3v) is 3.94. The minimum absolute atomic E-state index is 0.264. The first kappa shape index (κ1) is 16.7. The molecule has 2 aromatic rings. The second-order valence-corrected chi connectivity index (χ2v) is 5.32. The van der Waals surface area contributed by atoms with Gasteiger partial charge in [0.2, 0.25) is 5.95 Å². The lowest BCUT2D eigenvalue weighted by molar-refractivity contribution is -0.139. The van der Waals surface area contributed by atoms with Crippen molar-refractivity contribution < 1.29 is 19.0 Å². The highest BCUT2D eigenvalue weighted by atomic mass is 16.5. The summed E-state index contributed by atoms with van der Waals surface area (Å²) < 4.78 is 17.7. The van der Waals surface area contributed by atoms with Gasteiger partial charge in [-0.05, 0) is 30.3 Å². The number of esters is 1. The van der Waals surface area contributed by atoms with Gasteiger partial charge in [-0.3, -0.25) is 0 Å². The van der Waals surface area contributed by atoms with Gasteiger partial charge in [-0.25, -0.2) is 4.79 Å². The van der Waals surface area contributed by atoms with Gasteiger partial charge in [0.25, 0.3) is 0 Å². The fourth-order valence-corrected chi connectivity index (χ4v) is 2.90. The number of carbonyl (C=O) groups is 1. The second kappa shape index (κ2) is 6.80. The molecule has 0 unspecified atom stereocenters. The Kier molecular flexibility index (Phi) is 4.55. The van der Waals surface area contributed by atoms with E-state index in [4.69, 9.17) is 14.2 Å². The Balaban J connectivity index is 2.22. The van der Waals surface area contributed by atoms with Crippen molar-refractivity contribution >= 4 is 11.9 Å². The van der Waals surface area contributed by atoms with E-state index in [1.54, 1.807) is 34.1 Å². The number of rotatable bonds is 5. The molecule has 0 saturated heterocycles. The van der Waals surface area contributed by atoms with Crippen molar-refractivity contribution in [2.45, 2.75) is 19.9 Å². The smallest absolute Gasteiger partial charge is 0.338 e. The molecule has 1 aliphatic rings. The fraction of sp³-hybridized carbons (Fsp3) is 0.375. The largest absolute Gasteiger partial charge is 0.493 e. The van der Waals surface area contributed by atoms with Gasteiger partial charge in [0.15, 0.2) is 11.5 Å². The number of hydrogen-bond acceptors (Lipinski definition) is 8. The van der Waals surface area contributed by atoms with E-state index < -0.39 is 12.0 Å². The number of anilines is 1. The number of aromatic nitrogens is 4. The summed E-state index contributed by atoms with van der Waals surface area (Å²) in [6.45, 7) is 3.80. The van der Waals surface area contributed by atoms with E-state index in [-0.39, 0.29) is 6.61 Å². The van der Waals surface area contributed by atoms with Crippen molar-refractivity contribution in [3.8, 4) is 11.5 Å². The Labute approximate surface area is 144 Å². The molecule has 0 fully saturated rings. The van der Waals surface area contributed by atoms with Crippen LogP contribution < -0.4 is 14.8 Å². The van der Waals surface area contributed by atoms with Gasteiger partial charge in [0.05, 0.1) is 26.4 Å². The maximum atomic E-state index is 12.6. The number of ether oxygens (including phenoxy) is 3. The average Bonchev–Trinajstić information content (AvgIpc) is 3.07. The molecule has 1 atom stereocenters. The van der Waals surface area contributed by atoms with Crippen LogP contribution in [0, 0.1) is 0 Å². The SMILES string of the molecule is CCOC(=O)C1=C(C)Nc2nnnn2[C@H]1c1cccc(OC)c1OC. The summed E-state index contributed by atoms with van der Waals surface area (Å²) in [6, 6.07) is 4.84. The van der Waals surface area contributed by atoms with Gasteiger partial charge in [0.1, 0.15) is 6.04 Å². The molecular weight excluding hydrogens is 326 g/mol. The Morgan fingerprint density at radius 3 is 2.80 bits per heavy atom. The standard InChI is InChI=1S/C16H19N5O4/c1-5-25-15(22)12-9(2)17-16-18-19-20-21(16)13(12)10-7-6-8-11(23-3)14(10)24-4/h6-8,13H,5H2,1-4H3,(H,17,18,20)/t13-/m0/s1. The molecular formula is C16H19N5O4. The summed E-state index contributed by atoms with van der Waals surface area (Å²) in [5.74, 6) is 1.05. The van der Waals surface area contributed by atoms with Crippen molar-refractivity contribution in [2.75, 3.05) is 26.1 Å². The van der Waals surface area contributed by atoms with Crippen LogP contribution in [-0.4, -0.2) is 47.0 Å². The van der Waals surface area contributed by atoms with E-state index in [2.05, 4.69) is 20.8 Å². The number of hydrogen-bond donors (Lipinski definition) is 1. The highest BCUT2D eigenvalue weighted by Gasteiger charge is 2.37. The van der Waals surface area contributed by atoms with E-state index in [0.29, 0.717) is 34.3 Å². The number of nitrogens with one attached hydrogen (secondary N) is 1. The molecule has 1 aromatic heterocycles. The normalized spacial score (nSPS) is 16.1. The molecule has 0 saturated carbocycles. The van der Waals surface area contributed by atoms with Gasteiger partial charge in [-0.15, -0.1) is 0 Å². The zero-order chi connectivity index (χ0) is 18.0. The molecule has 9 nitrogen and oxygen atoms in total. The van der Waals surface area contributed by atoms with Gasteiger partial charge in [-0.1, -0.05) is 17.2 Å². The molecule has 0 radical (unpaired) electrons. The van der Waals surface area contributed by atoms with Crippen molar-refractivity contribution in [2.24, 2.45) is 0 Å². The van der Waals surface area contributed by atoms with Crippen LogP contribution in [-0.2, 0) is 9.53 Å². The van der Waals surface area contributed by atoms with Crippen LogP contribution in [0.25, 0.3) is 0 Å². The summed E-state index contributed by atoms with van der Waals surface area (Å²) in [7, 11) is 3.10. The number of tetrazole rings is 1. The van der Waals surface area contributed by atoms with Gasteiger partial charge in [-0.2, -0.15) is 4.68 Å². The lowest BCUT2D eigenvalue weighted by atomic mass is 9.94. The highest BCUT2D eigenvalue weighted by Crippen LogP contribution is 2.42. The van der Waals surface area contributed by atoms with Crippen LogP contribution in [0.5, 0.6) is 11.5 Å². The van der Waals surface area contributed by atoms with Gasteiger partial charge < -0.3 is 19.5 Å². The van der Waals surface area contributed by atoms with Gasteiger partial charge in [0, 0.05) is 11.3 Å². The highest BCUT2D eigenvalue weighted by molar-refractivity contribution is 5.92. The third-order valence-electron chi connectivity index (χ3n) is 3.94. The molecule has 1 aliphatic heterocycles. The average molecular weight is 345 g/mol. The summed E-state index contributed by atoms with van der Waals surface area (Å²) >= 11 is 0. The summed E-state index contributed by atoms with van der Waals surface area (Å²) in [5.41, 5.74) is 1.73. The summed E-state index contributed by atoms with van der Waals surface area (Å²) in [4.78, 5) is 12.6. The molecule has 132 valence electrons. The van der Waals surface area contributed by atoms with Crippen LogP contribution in [0.4, 0.5) is 5.95 Å². The molecule has 9 heteroatoms. The number of methoxy groups -OCH3 is 2. The fourth-order valence-electron chi connectivity index (χ4n) is 2.90. The predicted molar refractivity (Wildman–Crippen MR) is 88.5 cm³/mol. The Morgan fingerprint density at radius 2 is 2.12 bits per heavy atom. The van der Waals surface area contributed by atoms with Crippen molar-refractivity contribution in [3.63, 3.8) is 0 Å². The van der Waals surface area contributed by atoms with Crippen LogP contribution in [0.15, 0.2) is 29.5 Å². The summed E-state index contributed by atoms with van der Waals surface area (Å²) in [5, 5.41) is 14.7. The molecule has 0 bridgehead atoms. The van der Waals surface area contributed by atoms with Crippen molar-refractivity contribution in [3.05, 3.63) is 35.0 Å². The zero-order valence-corrected chi connectivity index (χ0v) is 14.4. The van der Waals surface area contributed by atoms with Crippen molar-refractivity contribution in [1.29, 1.82) is 0 Å². The number of para-hydroxylation sites is 1. The molecule has 0 aliphatic carbocycles. The molecule has 1 aromatic carbocycles. The molecule has 3 rings (SSSR count). The van der Waals surface area contributed by atoms with Crippen LogP contribution in [0.1, 0.15) is 25.5 Å². The molecule has 25 heavy (non-hydrogen) atoms. The summed E-state index contributed by atoms with van der Waals surface area (Å²) in [6.07, 6.45) is 0. The Bertz CT molecular complexity index is 830. The predicted octanol–water partition coefficient (Wildman–Crippen LogP) is 1.54. The molecule has 0 amide bonds. The maximum absolute atomic E-state index is 12.6. The minimum atomic E-state index is -0.602. The number of fused-ring (bicyclic) bond motifs is 1. The van der Waals surface area contributed by atoms with Crippen LogP contribution in [0.2, 0.25) is 0 Å². The lowest BCUT2D eigenvalue weighted by Gasteiger charge is -2.28. The first-order valence-electron chi connectivity index (χ1n) is 7.76. The molecule has 2 heterocycles. The first-order valence-corrected chi connectivity index (χ1v) is 7.76. The van der Waals surface area contributed by atoms with Crippen LogP contribution >= 0.6 is 0 Å². The number of carbonyl (C=O) groups excluding carboxylic acids is 1. The van der Waals surface area contributed by atoms with E-state index in [9.17, 15) is 4.79 Å². The first-order chi connectivity index (χ1) is 12.1. The monoisotopic (exact) mass is 345 g/mol. The maximum Gasteiger partial charge on any atom is 0.338 e. The molecule has 1 N–H and O–H groups in total. The number of allylic oxidation sites excluding steroid dienone is 1. The lowest BCUT2D eigenvalue weighted by Crippen LogP contribution is -2.30. The third kappa shape index (κ3) is 2.77. The Hall–Kier alpha value is -3.10. The van der Waals surface area contributed by atoms with E-state index in [0.717, 1.165) is 0 Å². The zero-order valence-electron chi connectivity index (χ0n) is 14.4. The minimum Gasteiger partial charge on any atom is -0.493 e. The van der Waals surface area contributed by atoms with Crippen LogP contribution in [0.3, 0.4) is 0 Å².